The summed E-state index contributed by atoms with van der Waals surface area (Å²) < 4.78 is 5.24. The molecule has 2 rings (SSSR count). The van der Waals surface area contributed by atoms with Crippen molar-refractivity contribution in [1.29, 1.82) is 0 Å². The van der Waals surface area contributed by atoms with E-state index < -0.39 is 5.97 Å². The molecule has 0 aliphatic rings. The maximum absolute atomic E-state index is 11.5. The molecule has 1 heterocycles. The molecule has 0 aliphatic heterocycles. The molecule has 0 radical (unpaired) electrons. The van der Waals surface area contributed by atoms with Crippen LogP contribution in [-0.4, -0.2) is 16.2 Å². The highest BCUT2D eigenvalue weighted by atomic mass is 16.5. The second kappa shape index (κ2) is 5.26. The molecule has 0 fully saturated rings. The van der Waals surface area contributed by atoms with Gasteiger partial charge in [0.2, 0.25) is 0 Å². The van der Waals surface area contributed by atoms with E-state index in [1.165, 1.54) is 0 Å². The smallest absolute Gasteiger partial charge is 0.341 e. The van der Waals surface area contributed by atoms with E-state index in [4.69, 9.17) is 4.52 Å². The molecule has 0 saturated carbocycles. The Morgan fingerprint density at radius 1 is 1.37 bits per heavy atom. The van der Waals surface area contributed by atoms with Crippen molar-refractivity contribution in [2.24, 2.45) is 0 Å². The average Bonchev–Trinajstić information content (AvgIpc) is 2.83. The van der Waals surface area contributed by atoms with Crippen LogP contribution in [-0.2, 0) is 6.42 Å². The normalized spacial score (nSPS) is 10.9. The molecule has 1 aromatic carbocycles. The lowest BCUT2D eigenvalue weighted by atomic mass is 9.97. The van der Waals surface area contributed by atoms with Crippen LogP contribution in [0, 0.1) is 0 Å². The van der Waals surface area contributed by atoms with Crippen molar-refractivity contribution < 1.29 is 14.4 Å². The van der Waals surface area contributed by atoms with Crippen LogP contribution in [0.1, 0.15) is 48.4 Å². The van der Waals surface area contributed by atoms with E-state index in [-0.39, 0.29) is 11.5 Å². The summed E-state index contributed by atoms with van der Waals surface area (Å²) in [5.41, 5.74) is 2.50. The quantitative estimate of drug-likeness (QED) is 0.908. The number of aryl methyl sites for hydroxylation is 1. The average molecular weight is 259 g/mol. The predicted octanol–water partition coefficient (Wildman–Crippen LogP) is 3.73. The minimum Gasteiger partial charge on any atom is -0.477 e. The van der Waals surface area contributed by atoms with Crippen LogP contribution in [0.2, 0.25) is 0 Å². The van der Waals surface area contributed by atoms with E-state index in [1.807, 2.05) is 45.0 Å². The summed E-state index contributed by atoms with van der Waals surface area (Å²) in [6.45, 7) is 5.81. The lowest BCUT2D eigenvalue weighted by Crippen LogP contribution is -2.03. The number of carboxylic acids is 1. The molecule has 0 saturated heterocycles. The maximum atomic E-state index is 11.5. The Hall–Kier alpha value is -2.10. The lowest BCUT2D eigenvalue weighted by Gasteiger charge is -2.06. The summed E-state index contributed by atoms with van der Waals surface area (Å²) in [6.07, 6.45) is 0.819. The zero-order chi connectivity index (χ0) is 14.0. The van der Waals surface area contributed by atoms with Gasteiger partial charge in [0.05, 0.1) is 0 Å². The molecular weight excluding hydrogens is 242 g/mol. The second-order valence-electron chi connectivity index (χ2n) is 4.74. The van der Waals surface area contributed by atoms with Gasteiger partial charge in [-0.3, -0.25) is 0 Å². The second-order valence-corrected chi connectivity index (χ2v) is 4.74. The molecule has 4 heteroatoms. The van der Waals surface area contributed by atoms with E-state index in [9.17, 15) is 9.90 Å². The van der Waals surface area contributed by atoms with Gasteiger partial charge in [0, 0.05) is 11.5 Å². The summed E-state index contributed by atoms with van der Waals surface area (Å²) in [4.78, 5) is 11.5. The molecule has 0 unspecified atom stereocenters. The molecule has 100 valence electrons. The summed E-state index contributed by atoms with van der Waals surface area (Å²) in [7, 11) is 0. The van der Waals surface area contributed by atoms with Gasteiger partial charge in [-0.05, 0) is 12.0 Å². The van der Waals surface area contributed by atoms with Gasteiger partial charge < -0.3 is 9.63 Å². The maximum Gasteiger partial charge on any atom is 0.341 e. The van der Waals surface area contributed by atoms with Crippen LogP contribution in [0.5, 0.6) is 0 Å². The molecule has 0 bridgehead atoms. The van der Waals surface area contributed by atoms with Crippen molar-refractivity contribution in [2.45, 2.75) is 33.1 Å². The first-order valence-corrected chi connectivity index (χ1v) is 6.37. The number of hydrogen-bond acceptors (Lipinski definition) is 3. The van der Waals surface area contributed by atoms with Gasteiger partial charge in [0.25, 0.3) is 0 Å². The number of aromatic carboxylic acids is 1. The number of benzene rings is 1. The van der Waals surface area contributed by atoms with Gasteiger partial charge >= 0.3 is 5.97 Å². The van der Waals surface area contributed by atoms with Gasteiger partial charge in [0.1, 0.15) is 11.3 Å². The fourth-order valence-corrected chi connectivity index (χ4v) is 2.15. The summed E-state index contributed by atoms with van der Waals surface area (Å²) in [6, 6.07) is 7.67. The highest BCUT2D eigenvalue weighted by Crippen LogP contribution is 2.31. The van der Waals surface area contributed by atoms with Crippen LogP contribution < -0.4 is 0 Å². The zero-order valence-electron chi connectivity index (χ0n) is 11.3. The molecule has 2 aromatic rings. The molecule has 0 aliphatic carbocycles. The summed E-state index contributed by atoms with van der Waals surface area (Å²) >= 11 is 0. The molecular formula is C15H17NO3. The molecule has 0 amide bonds. The van der Waals surface area contributed by atoms with Crippen molar-refractivity contribution in [3.05, 3.63) is 41.2 Å². The van der Waals surface area contributed by atoms with E-state index in [2.05, 4.69) is 5.16 Å². The molecule has 4 nitrogen and oxygen atoms in total. The van der Waals surface area contributed by atoms with Crippen LogP contribution in [0.4, 0.5) is 0 Å². The van der Waals surface area contributed by atoms with Crippen LogP contribution in [0.15, 0.2) is 28.8 Å². The van der Waals surface area contributed by atoms with Crippen molar-refractivity contribution in [1.82, 2.24) is 5.16 Å². The molecule has 0 spiro atoms. The predicted molar refractivity (Wildman–Crippen MR) is 72.4 cm³/mol. The number of hydrogen-bond donors (Lipinski definition) is 1. The standard InChI is InChI=1S/C15H17NO3/c1-4-10-7-5-6-8-11(10)13-12(15(17)18)14(9(2)3)19-16-13/h5-9H,4H2,1-3H3,(H,17,18). The molecule has 0 atom stereocenters. The Kier molecular flexibility index (Phi) is 3.69. The Balaban J connectivity index is 2.66. The fourth-order valence-electron chi connectivity index (χ4n) is 2.15. The highest BCUT2D eigenvalue weighted by molar-refractivity contribution is 5.96. The Morgan fingerprint density at radius 3 is 2.63 bits per heavy atom. The van der Waals surface area contributed by atoms with E-state index in [1.54, 1.807) is 0 Å². The minimum atomic E-state index is -0.995. The third-order valence-electron chi connectivity index (χ3n) is 3.11. The first kappa shape index (κ1) is 13.3. The van der Waals surface area contributed by atoms with Crippen LogP contribution in [0.3, 0.4) is 0 Å². The fraction of sp³-hybridized carbons (Fsp3) is 0.333. The first-order valence-electron chi connectivity index (χ1n) is 6.37. The van der Waals surface area contributed by atoms with E-state index >= 15 is 0 Å². The monoisotopic (exact) mass is 259 g/mol. The van der Waals surface area contributed by atoms with Crippen molar-refractivity contribution >= 4 is 5.97 Å². The third-order valence-corrected chi connectivity index (χ3v) is 3.11. The number of rotatable bonds is 4. The van der Waals surface area contributed by atoms with E-state index in [0.717, 1.165) is 17.5 Å². The zero-order valence-corrected chi connectivity index (χ0v) is 11.3. The number of carbonyl (C=O) groups is 1. The number of nitrogens with zero attached hydrogens (tertiary/aromatic N) is 1. The van der Waals surface area contributed by atoms with Gasteiger partial charge in [-0.2, -0.15) is 0 Å². The Labute approximate surface area is 112 Å². The summed E-state index contributed by atoms with van der Waals surface area (Å²) in [5, 5.41) is 13.4. The van der Waals surface area contributed by atoms with Crippen molar-refractivity contribution in [2.75, 3.05) is 0 Å². The Bertz CT molecular complexity index is 599. The molecule has 1 N–H and O–H groups in total. The van der Waals surface area contributed by atoms with Crippen molar-refractivity contribution in [3.63, 3.8) is 0 Å². The summed E-state index contributed by atoms with van der Waals surface area (Å²) in [5.74, 6) is -0.583. The number of aromatic nitrogens is 1. The number of carboxylic acid groups (broad SMARTS) is 1. The first-order chi connectivity index (χ1) is 9.06. The highest BCUT2D eigenvalue weighted by Gasteiger charge is 2.26. The van der Waals surface area contributed by atoms with Gasteiger partial charge in [-0.15, -0.1) is 0 Å². The lowest BCUT2D eigenvalue weighted by molar-refractivity contribution is 0.0694. The van der Waals surface area contributed by atoms with E-state index in [0.29, 0.717) is 11.5 Å². The van der Waals surface area contributed by atoms with Crippen LogP contribution in [0.25, 0.3) is 11.3 Å². The minimum absolute atomic E-state index is 0.0128. The third kappa shape index (κ3) is 2.38. The van der Waals surface area contributed by atoms with Gasteiger partial charge in [-0.25, -0.2) is 4.79 Å². The SMILES string of the molecule is CCc1ccccc1-c1noc(C(C)C)c1C(=O)O. The molecule has 1 aromatic heterocycles. The van der Waals surface area contributed by atoms with Gasteiger partial charge in [-0.1, -0.05) is 50.2 Å². The topological polar surface area (TPSA) is 63.3 Å². The Morgan fingerprint density at radius 2 is 2.05 bits per heavy atom. The largest absolute Gasteiger partial charge is 0.477 e. The van der Waals surface area contributed by atoms with Crippen LogP contribution >= 0.6 is 0 Å². The molecule has 19 heavy (non-hydrogen) atoms. The van der Waals surface area contributed by atoms with Gasteiger partial charge in [0.15, 0.2) is 5.76 Å². The van der Waals surface area contributed by atoms with Crippen molar-refractivity contribution in [3.8, 4) is 11.3 Å².